The van der Waals surface area contributed by atoms with E-state index in [-0.39, 0.29) is 24.0 Å². The highest BCUT2D eigenvalue weighted by Crippen LogP contribution is 2.28. The molecule has 0 atom stereocenters. The summed E-state index contributed by atoms with van der Waals surface area (Å²) in [5, 5.41) is 3.08. The number of aliphatic imine (C=N–C) groups is 1. The predicted molar refractivity (Wildman–Crippen MR) is 135 cm³/mol. The number of benzene rings is 3. The number of ether oxygens (including phenoxy) is 3. The third kappa shape index (κ3) is 7.45. The summed E-state index contributed by atoms with van der Waals surface area (Å²) in [5.41, 5.74) is 10.1. The molecule has 0 unspecified atom stereocenters. The summed E-state index contributed by atoms with van der Waals surface area (Å²) in [6.07, 6.45) is 0. The van der Waals surface area contributed by atoms with Crippen LogP contribution in [0.25, 0.3) is 0 Å². The summed E-state index contributed by atoms with van der Waals surface area (Å²) in [6.45, 7) is 1.52. The Morgan fingerprint density at radius 2 is 1.58 bits per heavy atom. The van der Waals surface area contributed by atoms with Crippen LogP contribution in [0.3, 0.4) is 0 Å². The van der Waals surface area contributed by atoms with Gasteiger partial charge in [0.1, 0.15) is 11.5 Å². The van der Waals surface area contributed by atoms with Crippen molar-refractivity contribution in [1.82, 2.24) is 0 Å². The second-order valence-corrected chi connectivity index (χ2v) is 6.64. The zero-order chi connectivity index (χ0) is 21.2. The molecule has 164 valence electrons. The molecule has 0 fully saturated rings. The highest BCUT2D eigenvalue weighted by molar-refractivity contribution is 14.0. The Bertz CT molecular complexity index is 981. The fraction of sp³-hybridized carbons (Fsp3) is 0.208. The fourth-order valence-corrected chi connectivity index (χ4v) is 2.97. The quantitative estimate of drug-likeness (QED) is 0.231. The van der Waals surface area contributed by atoms with Gasteiger partial charge in [0.25, 0.3) is 0 Å². The van der Waals surface area contributed by atoms with Gasteiger partial charge in [0, 0.05) is 6.07 Å². The minimum absolute atomic E-state index is 0. The number of methoxy groups -OCH3 is 2. The summed E-state index contributed by atoms with van der Waals surface area (Å²) in [7, 11) is 3.21. The maximum atomic E-state index is 6.11. The van der Waals surface area contributed by atoms with Gasteiger partial charge >= 0.3 is 0 Å². The van der Waals surface area contributed by atoms with Crippen molar-refractivity contribution in [3.05, 3.63) is 89.5 Å². The molecule has 0 heterocycles. The SMILES string of the molecule is COc1ccc(OC)c(NC(N)=NCc2ccccc2COCc2ccccc2)c1.I. The molecule has 0 aliphatic rings. The minimum Gasteiger partial charge on any atom is -0.497 e. The van der Waals surface area contributed by atoms with Crippen molar-refractivity contribution in [2.75, 3.05) is 19.5 Å². The average Bonchev–Trinajstić information content (AvgIpc) is 2.79. The van der Waals surface area contributed by atoms with Crippen molar-refractivity contribution in [2.24, 2.45) is 10.7 Å². The maximum absolute atomic E-state index is 6.11. The number of anilines is 1. The van der Waals surface area contributed by atoms with Crippen LogP contribution in [0.5, 0.6) is 11.5 Å². The molecular formula is C24H28IN3O3. The number of hydrogen-bond donors (Lipinski definition) is 2. The first-order valence-electron chi connectivity index (χ1n) is 9.67. The van der Waals surface area contributed by atoms with Gasteiger partial charge in [-0.2, -0.15) is 0 Å². The third-order valence-electron chi connectivity index (χ3n) is 4.58. The topological polar surface area (TPSA) is 78.1 Å². The summed E-state index contributed by atoms with van der Waals surface area (Å²) < 4.78 is 16.5. The molecule has 0 radical (unpaired) electrons. The lowest BCUT2D eigenvalue weighted by atomic mass is 10.1. The van der Waals surface area contributed by atoms with E-state index in [1.807, 2.05) is 60.7 Å². The van der Waals surface area contributed by atoms with Gasteiger partial charge in [0.15, 0.2) is 5.96 Å². The van der Waals surface area contributed by atoms with E-state index < -0.39 is 0 Å². The average molecular weight is 533 g/mol. The van der Waals surface area contributed by atoms with E-state index >= 15 is 0 Å². The molecule has 0 bridgehead atoms. The molecule has 3 aromatic rings. The first-order chi connectivity index (χ1) is 14.7. The Hall–Kier alpha value is -2.78. The van der Waals surface area contributed by atoms with Gasteiger partial charge in [-0.15, -0.1) is 24.0 Å². The lowest BCUT2D eigenvalue weighted by molar-refractivity contribution is 0.106. The Labute approximate surface area is 200 Å². The van der Waals surface area contributed by atoms with Crippen molar-refractivity contribution in [1.29, 1.82) is 0 Å². The number of halogens is 1. The summed E-state index contributed by atoms with van der Waals surface area (Å²) >= 11 is 0. The summed E-state index contributed by atoms with van der Waals surface area (Å²) in [6, 6.07) is 23.6. The van der Waals surface area contributed by atoms with Gasteiger partial charge in [-0.1, -0.05) is 54.6 Å². The monoisotopic (exact) mass is 533 g/mol. The van der Waals surface area contributed by atoms with Crippen LogP contribution in [0, 0.1) is 0 Å². The number of rotatable bonds is 9. The molecule has 0 aliphatic heterocycles. The van der Waals surface area contributed by atoms with Gasteiger partial charge in [-0.25, -0.2) is 4.99 Å². The van der Waals surface area contributed by atoms with Crippen LogP contribution in [0.2, 0.25) is 0 Å². The molecule has 0 saturated carbocycles. The van der Waals surface area contributed by atoms with Crippen LogP contribution in [0.4, 0.5) is 5.69 Å². The molecule has 31 heavy (non-hydrogen) atoms. The highest BCUT2D eigenvalue weighted by Gasteiger charge is 2.07. The molecule has 3 N–H and O–H groups in total. The van der Waals surface area contributed by atoms with E-state index in [2.05, 4.69) is 22.4 Å². The Kier molecular flexibility index (Phi) is 10.1. The first-order valence-corrected chi connectivity index (χ1v) is 9.67. The van der Waals surface area contributed by atoms with Crippen molar-refractivity contribution >= 4 is 35.6 Å². The molecule has 0 saturated heterocycles. The third-order valence-corrected chi connectivity index (χ3v) is 4.58. The van der Waals surface area contributed by atoms with Crippen molar-refractivity contribution in [2.45, 2.75) is 19.8 Å². The molecule has 3 rings (SSSR count). The largest absolute Gasteiger partial charge is 0.497 e. The standard InChI is InChI=1S/C24H27N3O3.HI/c1-28-21-12-13-23(29-2)22(14-21)27-24(25)26-15-19-10-6-7-11-20(19)17-30-16-18-8-4-3-5-9-18;/h3-14H,15-17H2,1-2H3,(H3,25,26,27);1H. The van der Waals surface area contributed by atoms with Crippen LogP contribution in [-0.2, 0) is 24.5 Å². The van der Waals surface area contributed by atoms with Gasteiger partial charge < -0.3 is 25.3 Å². The van der Waals surface area contributed by atoms with E-state index in [0.717, 1.165) is 16.7 Å². The molecule has 3 aromatic carbocycles. The van der Waals surface area contributed by atoms with Crippen LogP contribution >= 0.6 is 24.0 Å². The Morgan fingerprint density at radius 3 is 2.29 bits per heavy atom. The lowest BCUT2D eigenvalue weighted by Gasteiger charge is -2.13. The van der Waals surface area contributed by atoms with E-state index in [1.54, 1.807) is 14.2 Å². The van der Waals surface area contributed by atoms with Gasteiger partial charge in [-0.3, -0.25) is 0 Å². The predicted octanol–water partition coefficient (Wildman–Crippen LogP) is 4.97. The molecule has 7 heteroatoms. The molecule has 0 aliphatic carbocycles. The lowest BCUT2D eigenvalue weighted by Crippen LogP contribution is -2.23. The number of nitrogens with one attached hydrogen (secondary N) is 1. The normalized spacial score (nSPS) is 10.8. The molecule has 0 aromatic heterocycles. The fourth-order valence-electron chi connectivity index (χ4n) is 2.97. The number of nitrogens with two attached hydrogens (primary N) is 1. The Morgan fingerprint density at radius 1 is 0.871 bits per heavy atom. The van der Waals surface area contributed by atoms with Crippen LogP contribution in [-0.4, -0.2) is 20.2 Å². The summed E-state index contributed by atoms with van der Waals surface area (Å²) in [4.78, 5) is 4.48. The number of nitrogens with zero attached hydrogens (tertiary/aromatic N) is 1. The van der Waals surface area contributed by atoms with Crippen LogP contribution in [0.1, 0.15) is 16.7 Å². The second kappa shape index (κ2) is 12.8. The van der Waals surface area contributed by atoms with Gasteiger partial charge in [0.05, 0.1) is 39.7 Å². The van der Waals surface area contributed by atoms with E-state index in [9.17, 15) is 0 Å². The molecule has 6 nitrogen and oxygen atoms in total. The molecule has 0 amide bonds. The van der Waals surface area contributed by atoms with Gasteiger partial charge in [-0.05, 0) is 28.8 Å². The number of guanidine groups is 1. The van der Waals surface area contributed by atoms with Gasteiger partial charge in [0.2, 0.25) is 0 Å². The molecular weight excluding hydrogens is 505 g/mol. The van der Waals surface area contributed by atoms with E-state index in [0.29, 0.717) is 42.9 Å². The smallest absolute Gasteiger partial charge is 0.193 e. The first kappa shape index (κ1) is 24.5. The minimum atomic E-state index is 0. The zero-order valence-electron chi connectivity index (χ0n) is 17.7. The van der Waals surface area contributed by atoms with Crippen molar-refractivity contribution < 1.29 is 14.2 Å². The van der Waals surface area contributed by atoms with Crippen LogP contribution < -0.4 is 20.5 Å². The second-order valence-electron chi connectivity index (χ2n) is 6.64. The number of hydrogen-bond acceptors (Lipinski definition) is 4. The molecule has 0 spiro atoms. The van der Waals surface area contributed by atoms with Crippen molar-refractivity contribution in [3.8, 4) is 11.5 Å². The zero-order valence-corrected chi connectivity index (χ0v) is 20.0. The van der Waals surface area contributed by atoms with Crippen molar-refractivity contribution in [3.63, 3.8) is 0 Å². The van der Waals surface area contributed by atoms with E-state index in [4.69, 9.17) is 19.9 Å². The highest BCUT2D eigenvalue weighted by atomic mass is 127. The Balaban J connectivity index is 0.00000341. The van der Waals surface area contributed by atoms with Crippen LogP contribution in [0.15, 0.2) is 77.8 Å². The maximum Gasteiger partial charge on any atom is 0.193 e. The van der Waals surface area contributed by atoms with E-state index in [1.165, 1.54) is 0 Å². The summed E-state index contributed by atoms with van der Waals surface area (Å²) in [5.74, 6) is 1.65.